The van der Waals surface area contributed by atoms with Crippen LogP contribution in [0.2, 0.25) is 0 Å². The molecule has 1 aliphatic heterocycles. The maximum absolute atomic E-state index is 11.2. The van der Waals surface area contributed by atoms with Gasteiger partial charge in [-0.2, -0.15) is 0 Å². The first-order chi connectivity index (χ1) is 7.84. The van der Waals surface area contributed by atoms with Crippen molar-refractivity contribution in [3.63, 3.8) is 0 Å². The van der Waals surface area contributed by atoms with Crippen molar-refractivity contribution >= 4 is 10.8 Å². The molecule has 94 valence electrons. The predicted molar refractivity (Wildman–Crippen MR) is 70.1 cm³/mol. The molecular weight excluding hydrogens is 218 g/mol. The summed E-state index contributed by atoms with van der Waals surface area (Å²) >= 11 is 0. The molecule has 0 spiro atoms. The smallest absolute Gasteiger partial charge is 0.0249 e. The van der Waals surface area contributed by atoms with Crippen molar-refractivity contribution in [1.29, 1.82) is 0 Å². The fourth-order valence-electron chi connectivity index (χ4n) is 2.97. The SMILES string of the molecule is O=S1CCC(NCCC2CCCCC2)CC1. The summed E-state index contributed by atoms with van der Waals surface area (Å²) in [5.41, 5.74) is 0. The minimum atomic E-state index is -0.511. The van der Waals surface area contributed by atoms with Gasteiger partial charge in [-0.25, -0.2) is 0 Å². The summed E-state index contributed by atoms with van der Waals surface area (Å²) in [6.07, 6.45) is 10.9. The van der Waals surface area contributed by atoms with Gasteiger partial charge in [0.05, 0.1) is 0 Å². The highest BCUT2D eigenvalue weighted by Gasteiger charge is 2.18. The highest BCUT2D eigenvalue weighted by atomic mass is 32.2. The minimum absolute atomic E-state index is 0.511. The Bertz CT molecular complexity index is 216. The molecule has 0 aromatic carbocycles. The fourth-order valence-corrected chi connectivity index (χ4v) is 4.26. The van der Waals surface area contributed by atoms with E-state index < -0.39 is 10.8 Å². The highest BCUT2D eigenvalue weighted by molar-refractivity contribution is 7.85. The van der Waals surface area contributed by atoms with E-state index in [1.165, 1.54) is 45.1 Å². The van der Waals surface area contributed by atoms with E-state index in [-0.39, 0.29) is 0 Å². The van der Waals surface area contributed by atoms with Crippen LogP contribution in [0.4, 0.5) is 0 Å². The Balaban J connectivity index is 1.55. The third-order valence-electron chi connectivity index (χ3n) is 4.10. The summed E-state index contributed by atoms with van der Waals surface area (Å²) in [6, 6.07) is 0.654. The second-order valence-electron chi connectivity index (χ2n) is 5.37. The monoisotopic (exact) mass is 243 g/mol. The first kappa shape index (κ1) is 12.6. The molecule has 0 aromatic heterocycles. The van der Waals surface area contributed by atoms with Gasteiger partial charge in [0.1, 0.15) is 0 Å². The van der Waals surface area contributed by atoms with Gasteiger partial charge in [0.15, 0.2) is 0 Å². The summed E-state index contributed by atoms with van der Waals surface area (Å²) in [5, 5.41) is 3.65. The Hall–Kier alpha value is 0.110. The lowest BCUT2D eigenvalue weighted by Crippen LogP contribution is -2.36. The second-order valence-corrected chi connectivity index (χ2v) is 7.07. The Kier molecular flexibility index (Phi) is 5.30. The first-order valence-electron chi connectivity index (χ1n) is 6.93. The van der Waals surface area contributed by atoms with E-state index >= 15 is 0 Å². The van der Waals surface area contributed by atoms with Crippen molar-refractivity contribution in [2.24, 2.45) is 5.92 Å². The molecule has 0 bridgehead atoms. The van der Waals surface area contributed by atoms with Crippen molar-refractivity contribution in [2.45, 2.75) is 57.4 Å². The van der Waals surface area contributed by atoms with Crippen molar-refractivity contribution in [1.82, 2.24) is 5.32 Å². The summed E-state index contributed by atoms with van der Waals surface area (Å²) in [7, 11) is -0.511. The topological polar surface area (TPSA) is 29.1 Å². The Morgan fingerprint density at radius 2 is 1.69 bits per heavy atom. The van der Waals surface area contributed by atoms with Crippen LogP contribution in [0.1, 0.15) is 51.4 Å². The summed E-state index contributed by atoms with van der Waals surface area (Å²) in [6.45, 7) is 1.18. The van der Waals surface area contributed by atoms with Crippen LogP contribution in [0.15, 0.2) is 0 Å². The molecule has 16 heavy (non-hydrogen) atoms. The molecule has 0 unspecified atom stereocenters. The second kappa shape index (κ2) is 6.75. The van der Waals surface area contributed by atoms with Gasteiger partial charge in [0.25, 0.3) is 0 Å². The van der Waals surface area contributed by atoms with Gasteiger partial charge in [0, 0.05) is 28.3 Å². The Morgan fingerprint density at radius 1 is 1.00 bits per heavy atom. The van der Waals surface area contributed by atoms with Gasteiger partial charge in [-0.1, -0.05) is 32.1 Å². The highest BCUT2D eigenvalue weighted by Crippen LogP contribution is 2.25. The lowest BCUT2D eigenvalue weighted by molar-refractivity contribution is 0.325. The van der Waals surface area contributed by atoms with Gasteiger partial charge in [-0.15, -0.1) is 0 Å². The molecule has 1 aliphatic carbocycles. The van der Waals surface area contributed by atoms with E-state index in [2.05, 4.69) is 5.32 Å². The molecule has 2 fully saturated rings. The van der Waals surface area contributed by atoms with Crippen LogP contribution in [0, 0.1) is 5.92 Å². The predicted octanol–water partition coefficient (Wildman–Crippen LogP) is 2.46. The molecule has 1 heterocycles. The van der Waals surface area contributed by atoms with E-state index in [1.54, 1.807) is 0 Å². The maximum Gasteiger partial charge on any atom is 0.0249 e. The molecule has 0 atom stereocenters. The summed E-state index contributed by atoms with van der Waals surface area (Å²) < 4.78 is 11.2. The largest absolute Gasteiger partial charge is 0.314 e. The zero-order chi connectivity index (χ0) is 11.2. The zero-order valence-electron chi connectivity index (χ0n) is 10.2. The minimum Gasteiger partial charge on any atom is -0.314 e. The van der Waals surface area contributed by atoms with Gasteiger partial charge >= 0.3 is 0 Å². The Morgan fingerprint density at radius 3 is 2.38 bits per heavy atom. The van der Waals surface area contributed by atoms with Gasteiger partial charge in [0.2, 0.25) is 0 Å². The van der Waals surface area contributed by atoms with E-state index in [9.17, 15) is 4.21 Å². The van der Waals surface area contributed by atoms with Gasteiger partial charge in [-0.05, 0) is 31.7 Å². The van der Waals surface area contributed by atoms with Crippen LogP contribution >= 0.6 is 0 Å². The molecule has 1 saturated heterocycles. The van der Waals surface area contributed by atoms with E-state index in [0.29, 0.717) is 6.04 Å². The average Bonchev–Trinajstić information content (AvgIpc) is 2.33. The standard InChI is InChI=1S/C13H25NOS/c15-16-10-7-13(8-11-16)14-9-6-12-4-2-1-3-5-12/h12-14H,1-11H2. The van der Waals surface area contributed by atoms with Gasteiger partial charge < -0.3 is 5.32 Å². The summed E-state index contributed by atoms with van der Waals surface area (Å²) in [5.74, 6) is 2.82. The molecule has 3 heteroatoms. The molecule has 2 aliphatic rings. The fraction of sp³-hybridized carbons (Fsp3) is 1.00. The van der Waals surface area contributed by atoms with Crippen LogP contribution < -0.4 is 5.32 Å². The normalized spacial score (nSPS) is 32.8. The van der Waals surface area contributed by atoms with Gasteiger partial charge in [-0.3, -0.25) is 4.21 Å². The lowest BCUT2D eigenvalue weighted by atomic mass is 9.87. The van der Waals surface area contributed by atoms with Crippen molar-refractivity contribution in [2.75, 3.05) is 18.1 Å². The number of hydrogen-bond donors (Lipinski definition) is 1. The Labute approximate surface area is 102 Å². The molecule has 1 N–H and O–H groups in total. The molecule has 2 nitrogen and oxygen atoms in total. The van der Waals surface area contributed by atoms with Crippen molar-refractivity contribution in [3.8, 4) is 0 Å². The molecule has 0 radical (unpaired) electrons. The number of hydrogen-bond acceptors (Lipinski definition) is 2. The molecule has 1 saturated carbocycles. The summed E-state index contributed by atoms with van der Waals surface area (Å²) in [4.78, 5) is 0. The first-order valence-corrected chi connectivity index (χ1v) is 8.42. The van der Waals surface area contributed by atoms with Crippen LogP contribution in [-0.4, -0.2) is 28.3 Å². The quantitative estimate of drug-likeness (QED) is 0.822. The van der Waals surface area contributed by atoms with Crippen LogP contribution in [0.25, 0.3) is 0 Å². The maximum atomic E-state index is 11.2. The van der Waals surface area contributed by atoms with E-state index in [1.807, 2.05) is 0 Å². The van der Waals surface area contributed by atoms with E-state index in [0.717, 1.165) is 30.3 Å². The average molecular weight is 243 g/mol. The van der Waals surface area contributed by atoms with Crippen LogP contribution in [0.3, 0.4) is 0 Å². The molecule has 2 rings (SSSR count). The van der Waals surface area contributed by atoms with E-state index in [4.69, 9.17) is 0 Å². The zero-order valence-corrected chi connectivity index (χ0v) is 11.1. The number of rotatable bonds is 4. The molecule has 0 aromatic rings. The lowest BCUT2D eigenvalue weighted by Gasteiger charge is -2.25. The van der Waals surface area contributed by atoms with Crippen LogP contribution in [-0.2, 0) is 10.8 Å². The molecular formula is C13H25NOS. The third-order valence-corrected chi connectivity index (χ3v) is 5.48. The number of nitrogens with one attached hydrogen (secondary N) is 1. The van der Waals surface area contributed by atoms with Crippen molar-refractivity contribution in [3.05, 3.63) is 0 Å². The molecule has 0 amide bonds. The third kappa shape index (κ3) is 4.17. The van der Waals surface area contributed by atoms with Crippen molar-refractivity contribution < 1.29 is 4.21 Å². The van der Waals surface area contributed by atoms with Crippen LogP contribution in [0.5, 0.6) is 0 Å².